The normalized spacial score (nSPS) is 14.9. The van der Waals surface area contributed by atoms with Gasteiger partial charge in [-0.15, -0.1) is 0 Å². The van der Waals surface area contributed by atoms with Crippen molar-refractivity contribution in [2.45, 2.75) is 20.4 Å². The van der Waals surface area contributed by atoms with E-state index in [1.54, 1.807) is 14.0 Å². The molecule has 0 unspecified atom stereocenters. The molecule has 0 radical (unpaired) electrons. The van der Waals surface area contributed by atoms with E-state index < -0.39 is 0 Å². The van der Waals surface area contributed by atoms with Crippen LogP contribution in [0.2, 0.25) is 0 Å². The number of para-hydroxylation sites is 1. The van der Waals surface area contributed by atoms with E-state index >= 15 is 0 Å². The second-order valence-electron chi connectivity index (χ2n) is 7.73. The summed E-state index contributed by atoms with van der Waals surface area (Å²) >= 11 is 0. The zero-order valence-electron chi connectivity index (χ0n) is 18.7. The third-order valence-corrected chi connectivity index (χ3v) is 5.40. The maximum absolute atomic E-state index is 11.4. The predicted molar refractivity (Wildman–Crippen MR) is 125 cm³/mol. The van der Waals surface area contributed by atoms with Gasteiger partial charge in [-0.25, -0.2) is 0 Å². The van der Waals surface area contributed by atoms with E-state index in [1.165, 1.54) is 0 Å². The van der Waals surface area contributed by atoms with Gasteiger partial charge >= 0.3 is 0 Å². The van der Waals surface area contributed by atoms with Crippen LogP contribution in [0, 0.1) is 6.92 Å². The largest absolute Gasteiger partial charge is 0.457 e. The Balaban J connectivity index is 1.48. The third kappa shape index (κ3) is 7.00. The van der Waals surface area contributed by atoms with E-state index in [2.05, 4.69) is 45.6 Å². The minimum atomic E-state index is 0.161. The number of nitrogens with one attached hydrogen (secondary N) is 2. The second kappa shape index (κ2) is 11.4. The molecule has 1 saturated heterocycles. The molecule has 0 aliphatic carbocycles. The van der Waals surface area contributed by atoms with Crippen molar-refractivity contribution in [3.05, 3.63) is 59.7 Å². The summed E-state index contributed by atoms with van der Waals surface area (Å²) in [5.41, 5.74) is 2.22. The van der Waals surface area contributed by atoms with Crippen LogP contribution in [-0.2, 0) is 11.3 Å². The van der Waals surface area contributed by atoms with E-state index in [4.69, 9.17) is 4.74 Å². The number of guanidine groups is 1. The van der Waals surface area contributed by atoms with Crippen LogP contribution < -0.4 is 15.4 Å². The number of hydrogen-bond donors (Lipinski definition) is 2. The van der Waals surface area contributed by atoms with Crippen LogP contribution in [0.1, 0.15) is 18.1 Å². The molecule has 1 heterocycles. The van der Waals surface area contributed by atoms with Gasteiger partial charge < -0.3 is 20.3 Å². The van der Waals surface area contributed by atoms with Gasteiger partial charge in [-0.05, 0) is 30.7 Å². The summed E-state index contributed by atoms with van der Waals surface area (Å²) in [6, 6.07) is 16.1. The van der Waals surface area contributed by atoms with Gasteiger partial charge in [-0.3, -0.25) is 14.7 Å². The van der Waals surface area contributed by atoms with E-state index in [-0.39, 0.29) is 5.91 Å². The van der Waals surface area contributed by atoms with Gasteiger partial charge in [0, 0.05) is 65.3 Å². The highest BCUT2D eigenvalue weighted by atomic mass is 16.5. The minimum Gasteiger partial charge on any atom is -0.457 e. The third-order valence-electron chi connectivity index (χ3n) is 5.40. The summed E-state index contributed by atoms with van der Waals surface area (Å²) in [6.07, 6.45) is 0. The number of ether oxygens (including phenoxy) is 1. The highest BCUT2D eigenvalue weighted by Gasteiger charge is 2.18. The molecule has 0 aromatic heterocycles. The molecule has 7 nitrogen and oxygen atoms in total. The van der Waals surface area contributed by atoms with Crippen LogP contribution >= 0.6 is 0 Å². The van der Waals surface area contributed by atoms with Crippen LogP contribution in [0.25, 0.3) is 0 Å². The van der Waals surface area contributed by atoms with Gasteiger partial charge in [0.05, 0.1) is 0 Å². The number of rotatable bonds is 7. The number of aryl methyl sites for hydroxylation is 1. The van der Waals surface area contributed by atoms with E-state index in [0.717, 1.165) is 67.9 Å². The number of benzene rings is 2. The first-order valence-electron chi connectivity index (χ1n) is 10.8. The fourth-order valence-corrected chi connectivity index (χ4v) is 3.54. The Hall–Kier alpha value is -3.06. The van der Waals surface area contributed by atoms with Crippen LogP contribution in [0.15, 0.2) is 53.5 Å². The second-order valence-corrected chi connectivity index (χ2v) is 7.73. The quantitative estimate of drug-likeness (QED) is 0.529. The van der Waals surface area contributed by atoms with E-state index in [0.29, 0.717) is 6.54 Å². The zero-order valence-corrected chi connectivity index (χ0v) is 18.7. The average molecular weight is 424 g/mol. The Morgan fingerprint density at radius 3 is 2.48 bits per heavy atom. The Morgan fingerprint density at radius 2 is 1.81 bits per heavy atom. The van der Waals surface area contributed by atoms with Crippen molar-refractivity contribution in [1.29, 1.82) is 0 Å². The molecule has 2 aromatic carbocycles. The maximum Gasteiger partial charge on any atom is 0.219 e. The first kappa shape index (κ1) is 22.6. The molecular formula is C24H33N5O2. The molecule has 0 spiro atoms. The lowest BCUT2D eigenvalue weighted by Gasteiger charge is -2.34. The van der Waals surface area contributed by atoms with E-state index in [1.807, 2.05) is 35.2 Å². The maximum atomic E-state index is 11.4. The Bertz CT molecular complexity index is 877. The smallest absolute Gasteiger partial charge is 0.219 e. The lowest BCUT2D eigenvalue weighted by molar-refractivity contribution is -0.130. The van der Waals surface area contributed by atoms with Crippen molar-refractivity contribution in [2.75, 3.05) is 46.3 Å². The Kier molecular flexibility index (Phi) is 8.29. The average Bonchev–Trinajstić information content (AvgIpc) is 2.78. The van der Waals surface area contributed by atoms with Gasteiger partial charge in [0.15, 0.2) is 5.96 Å². The molecule has 1 aliphatic heterocycles. The molecule has 1 amide bonds. The lowest BCUT2D eigenvalue weighted by Crippen LogP contribution is -2.50. The van der Waals surface area contributed by atoms with Crippen molar-refractivity contribution in [1.82, 2.24) is 20.4 Å². The molecule has 7 heteroatoms. The first-order chi connectivity index (χ1) is 15.0. The summed E-state index contributed by atoms with van der Waals surface area (Å²) in [5, 5.41) is 6.76. The molecule has 31 heavy (non-hydrogen) atoms. The molecule has 2 aromatic rings. The first-order valence-corrected chi connectivity index (χ1v) is 10.8. The zero-order chi connectivity index (χ0) is 22.1. The number of carbonyl (C=O) groups excluding carboxylic acids is 1. The van der Waals surface area contributed by atoms with Crippen molar-refractivity contribution >= 4 is 11.9 Å². The van der Waals surface area contributed by atoms with Crippen molar-refractivity contribution in [3.63, 3.8) is 0 Å². The Morgan fingerprint density at radius 1 is 1.06 bits per heavy atom. The molecule has 1 aliphatic rings. The molecule has 0 bridgehead atoms. The molecule has 3 rings (SSSR count). The fraction of sp³-hybridized carbons (Fsp3) is 0.417. The SMILES string of the molecule is CN=C(NCCN1CCN(C(C)=O)CC1)NCc1ccc(C)cc1Oc1ccccc1. The van der Waals surface area contributed by atoms with Gasteiger partial charge in [-0.2, -0.15) is 0 Å². The highest BCUT2D eigenvalue weighted by Crippen LogP contribution is 2.26. The minimum absolute atomic E-state index is 0.161. The van der Waals surface area contributed by atoms with Crippen LogP contribution in [0.4, 0.5) is 0 Å². The fourth-order valence-electron chi connectivity index (χ4n) is 3.54. The summed E-state index contributed by atoms with van der Waals surface area (Å²) in [5.74, 6) is 2.59. The van der Waals surface area contributed by atoms with Crippen LogP contribution in [0.3, 0.4) is 0 Å². The summed E-state index contributed by atoms with van der Waals surface area (Å²) in [6.45, 7) is 9.45. The lowest BCUT2D eigenvalue weighted by atomic mass is 10.1. The molecule has 0 atom stereocenters. The van der Waals surface area contributed by atoms with Crippen molar-refractivity contribution < 1.29 is 9.53 Å². The molecule has 0 saturated carbocycles. The predicted octanol–water partition coefficient (Wildman–Crippen LogP) is 2.62. The molecular weight excluding hydrogens is 390 g/mol. The van der Waals surface area contributed by atoms with Gasteiger partial charge in [-0.1, -0.05) is 30.3 Å². The van der Waals surface area contributed by atoms with E-state index in [9.17, 15) is 4.79 Å². The molecule has 166 valence electrons. The van der Waals surface area contributed by atoms with Gasteiger partial charge in [0.1, 0.15) is 11.5 Å². The topological polar surface area (TPSA) is 69.2 Å². The summed E-state index contributed by atoms with van der Waals surface area (Å²) in [7, 11) is 1.78. The number of amides is 1. The Labute approximate surface area is 185 Å². The standard InChI is InChI=1S/C24H33N5O2/c1-19-9-10-21(23(17-19)31-22-7-5-4-6-8-22)18-27-24(25-3)26-11-12-28-13-15-29(16-14-28)20(2)30/h4-10,17H,11-16,18H2,1-3H3,(H2,25,26,27). The molecule has 2 N–H and O–H groups in total. The molecule has 1 fully saturated rings. The van der Waals surface area contributed by atoms with Gasteiger partial charge in [0.2, 0.25) is 5.91 Å². The monoisotopic (exact) mass is 423 g/mol. The van der Waals surface area contributed by atoms with Crippen molar-refractivity contribution in [3.8, 4) is 11.5 Å². The number of carbonyl (C=O) groups is 1. The number of piperazine rings is 1. The van der Waals surface area contributed by atoms with Gasteiger partial charge in [0.25, 0.3) is 0 Å². The van der Waals surface area contributed by atoms with Crippen LogP contribution in [-0.4, -0.2) is 68.0 Å². The highest BCUT2D eigenvalue weighted by molar-refractivity contribution is 5.79. The number of hydrogen-bond acceptors (Lipinski definition) is 4. The number of nitrogens with zero attached hydrogens (tertiary/aromatic N) is 3. The van der Waals surface area contributed by atoms with Crippen LogP contribution in [0.5, 0.6) is 11.5 Å². The summed E-state index contributed by atoms with van der Waals surface area (Å²) in [4.78, 5) is 20.0. The number of aliphatic imine (C=N–C) groups is 1. The summed E-state index contributed by atoms with van der Waals surface area (Å²) < 4.78 is 6.11. The van der Waals surface area contributed by atoms with Crippen molar-refractivity contribution in [2.24, 2.45) is 4.99 Å².